The number of esters is 1. The minimum Gasteiger partial charge on any atom is -0.481 e. The number of carboxylic acids is 1. The van der Waals surface area contributed by atoms with Crippen molar-refractivity contribution >= 4 is 23.4 Å². The van der Waals surface area contributed by atoms with E-state index in [2.05, 4.69) is 71.6 Å². The summed E-state index contributed by atoms with van der Waals surface area (Å²) in [5.74, 6) is 1.41. The van der Waals surface area contributed by atoms with E-state index < -0.39 is 5.97 Å². The molecule has 4 saturated carbocycles. The van der Waals surface area contributed by atoms with Crippen LogP contribution in [0.25, 0.3) is 5.57 Å². The highest BCUT2D eigenvalue weighted by Crippen LogP contribution is 2.77. The summed E-state index contributed by atoms with van der Waals surface area (Å²) in [5.41, 5.74) is 5.21. The Labute approximate surface area is 288 Å². The number of hydrogen-bond donors (Lipinski definition) is 2. The first-order valence-electron chi connectivity index (χ1n) is 18.6. The van der Waals surface area contributed by atoms with Crippen molar-refractivity contribution in [3.63, 3.8) is 0 Å². The van der Waals surface area contributed by atoms with E-state index in [1.54, 1.807) is 0 Å². The van der Waals surface area contributed by atoms with Gasteiger partial charge in [0.15, 0.2) is 0 Å². The van der Waals surface area contributed by atoms with Crippen molar-refractivity contribution in [2.45, 2.75) is 112 Å². The third-order valence-corrected chi connectivity index (χ3v) is 15.6. The predicted molar refractivity (Wildman–Crippen MR) is 190 cm³/mol. The van der Waals surface area contributed by atoms with E-state index in [4.69, 9.17) is 9.84 Å². The van der Waals surface area contributed by atoms with Gasteiger partial charge in [-0.3, -0.25) is 9.59 Å². The number of ether oxygens (including phenoxy) is 1. The zero-order chi connectivity index (χ0) is 34.9. The summed E-state index contributed by atoms with van der Waals surface area (Å²) in [6, 6.07) is 8.00. The van der Waals surface area contributed by atoms with E-state index >= 15 is 0 Å². The average Bonchev–Trinajstić information content (AvgIpc) is 3.43. The molecule has 0 aliphatic heterocycles. The highest BCUT2D eigenvalue weighted by molar-refractivity contribution is 5.90. The van der Waals surface area contributed by atoms with Crippen LogP contribution >= 0.6 is 0 Å². The van der Waals surface area contributed by atoms with E-state index in [0.717, 1.165) is 25.7 Å². The second-order valence-corrected chi connectivity index (χ2v) is 17.8. The molecule has 1 aromatic carbocycles. The van der Waals surface area contributed by atoms with Crippen LogP contribution in [0.4, 0.5) is 0 Å². The third-order valence-electron chi connectivity index (χ3n) is 15.6. The lowest BCUT2D eigenvalue weighted by atomic mass is 9.32. The summed E-state index contributed by atoms with van der Waals surface area (Å²) in [4.78, 5) is 36.0. The molecule has 2 N–H and O–H groups in total. The number of carbonyl (C=O) groups is 3. The van der Waals surface area contributed by atoms with Gasteiger partial charge in [-0.25, -0.2) is 4.79 Å². The number of rotatable bonds is 8. The second-order valence-electron chi connectivity index (χ2n) is 17.8. The van der Waals surface area contributed by atoms with Crippen molar-refractivity contribution < 1.29 is 24.2 Å². The van der Waals surface area contributed by atoms with E-state index in [1.165, 1.54) is 55.9 Å². The molecular formula is C42H59NO5. The molecule has 5 aliphatic carbocycles. The van der Waals surface area contributed by atoms with E-state index in [1.807, 2.05) is 12.1 Å². The molecule has 1 aromatic rings. The van der Waals surface area contributed by atoms with Crippen LogP contribution in [-0.2, 0) is 14.3 Å². The number of allylic oxidation sites excluding steroid dienone is 3. The van der Waals surface area contributed by atoms with Gasteiger partial charge in [0.2, 0.25) is 5.91 Å². The van der Waals surface area contributed by atoms with Crippen molar-refractivity contribution in [1.82, 2.24) is 5.32 Å². The fourth-order valence-corrected chi connectivity index (χ4v) is 13.2. The Morgan fingerprint density at radius 1 is 0.896 bits per heavy atom. The minimum absolute atomic E-state index is 0.00985. The molecule has 6 rings (SSSR count). The number of benzene rings is 1. The van der Waals surface area contributed by atoms with Crippen molar-refractivity contribution in [2.75, 3.05) is 13.7 Å². The van der Waals surface area contributed by atoms with Gasteiger partial charge in [0.1, 0.15) is 0 Å². The van der Waals surface area contributed by atoms with Gasteiger partial charge >= 0.3 is 11.9 Å². The maximum absolute atomic E-state index is 12.8. The van der Waals surface area contributed by atoms with Crippen LogP contribution in [0.2, 0.25) is 0 Å². The van der Waals surface area contributed by atoms with E-state index in [0.29, 0.717) is 41.7 Å². The van der Waals surface area contributed by atoms with Gasteiger partial charge in [0.25, 0.3) is 0 Å². The Morgan fingerprint density at radius 2 is 1.60 bits per heavy atom. The molecule has 1 unspecified atom stereocenters. The Morgan fingerprint density at radius 3 is 2.25 bits per heavy atom. The lowest BCUT2D eigenvalue weighted by Gasteiger charge is -2.72. The number of hydrogen-bond acceptors (Lipinski definition) is 4. The van der Waals surface area contributed by atoms with Gasteiger partial charge in [-0.1, -0.05) is 65.0 Å². The first-order valence-corrected chi connectivity index (χ1v) is 18.6. The average molecular weight is 658 g/mol. The summed E-state index contributed by atoms with van der Waals surface area (Å²) in [6.45, 7) is 20.2. The quantitative estimate of drug-likeness (QED) is 0.215. The highest BCUT2D eigenvalue weighted by Gasteiger charge is 2.70. The number of nitrogens with one attached hydrogen (secondary N) is 1. The molecule has 48 heavy (non-hydrogen) atoms. The molecule has 9 atom stereocenters. The maximum Gasteiger partial charge on any atom is 0.337 e. The smallest absolute Gasteiger partial charge is 0.337 e. The molecular weight excluding hydrogens is 598 g/mol. The van der Waals surface area contributed by atoms with Gasteiger partial charge in [0, 0.05) is 13.0 Å². The van der Waals surface area contributed by atoms with Crippen LogP contribution in [0.3, 0.4) is 0 Å². The van der Waals surface area contributed by atoms with Gasteiger partial charge in [-0.05, 0) is 145 Å². The highest BCUT2D eigenvalue weighted by atomic mass is 16.5. The zero-order valence-electron chi connectivity index (χ0n) is 30.5. The van der Waals surface area contributed by atoms with Crippen LogP contribution in [0, 0.1) is 56.7 Å². The molecule has 6 nitrogen and oxygen atoms in total. The van der Waals surface area contributed by atoms with E-state index in [-0.39, 0.29) is 51.8 Å². The standard InChI is InChI=1S/C42H59NO5/c1-26(2)29-17-22-42(25-43-34(44)15-16-35(45)46)24-23-40(6)31(36(29)42)13-14-33-39(5)20-18-30(27-9-11-28(12-10-27)37(47)48-8)38(3,4)32(39)19-21-41(33,40)7/h9-12,18,29,31-33,36H,1,13-17,19-25H2,2-8H3,(H,43,44)(H,45,46)/t29-,31?,32-,33+,36+,39-,40+,41+,42+/m0/s1. The van der Waals surface area contributed by atoms with Crippen LogP contribution in [-0.4, -0.2) is 36.6 Å². The summed E-state index contributed by atoms with van der Waals surface area (Å²) < 4.78 is 4.94. The number of carboxylic acid groups (broad SMARTS) is 1. The fourth-order valence-electron chi connectivity index (χ4n) is 13.2. The van der Waals surface area contributed by atoms with Gasteiger partial charge in [0.05, 0.1) is 19.1 Å². The Balaban J connectivity index is 1.29. The largest absolute Gasteiger partial charge is 0.481 e. The molecule has 0 spiro atoms. The van der Waals surface area contributed by atoms with Crippen molar-refractivity contribution in [3.05, 3.63) is 53.6 Å². The topological polar surface area (TPSA) is 92.7 Å². The van der Waals surface area contributed by atoms with Crippen molar-refractivity contribution in [1.29, 1.82) is 0 Å². The minimum atomic E-state index is -0.923. The SMILES string of the molecule is C=C(C)[C@@H]1CC[C@]2(CNC(=O)CCC(=O)O)CC[C@]3(C)C(CC[C@@H]4[C@@]5(C)CC=C(c6ccc(C(=O)OC)cc6)C(C)(C)[C@@H]5CC[C@]43C)[C@@H]12. The molecule has 262 valence electrons. The monoisotopic (exact) mass is 657 g/mol. The lowest BCUT2D eigenvalue weighted by Crippen LogP contribution is -2.66. The summed E-state index contributed by atoms with van der Waals surface area (Å²) in [6.07, 6.45) is 13.0. The molecule has 4 fully saturated rings. The summed E-state index contributed by atoms with van der Waals surface area (Å²) >= 11 is 0. The van der Waals surface area contributed by atoms with Gasteiger partial charge in [-0.2, -0.15) is 0 Å². The normalized spacial score (nSPS) is 39.5. The molecule has 0 radical (unpaired) electrons. The number of fused-ring (bicyclic) bond motifs is 7. The number of amides is 1. The molecule has 0 saturated heterocycles. The maximum atomic E-state index is 12.8. The molecule has 0 aromatic heterocycles. The molecule has 1 amide bonds. The zero-order valence-corrected chi connectivity index (χ0v) is 30.5. The second kappa shape index (κ2) is 12.2. The summed E-state index contributed by atoms with van der Waals surface area (Å²) in [5, 5.41) is 12.3. The number of aliphatic carboxylic acids is 1. The molecule has 6 heteroatoms. The predicted octanol–water partition coefficient (Wildman–Crippen LogP) is 9.11. The van der Waals surface area contributed by atoms with Crippen LogP contribution in [0.15, 0.2) is 42.5 Å². The molecule has 0 heterocycles. The van der Waals surface area contributed by atoms with Crippen LogP contribution in [0.5, 0.6) is 0 Å². The number of methoxy groups -OCH3 is 1. The van der Waals surface area contributed by atoms with E-state index in [9.17, 15) is 14.4 Å². The van der Waals surface area contributed by atoms with Crippen LogP contribution < -0.4 is 5.32 Å². The lowest BCUT2D eigenvalue weighted by molar-refractivity contribution is -0.225. The van der Waals surface area contributed by atoms with Crippen molar-refractivity contribution in [3.8, 4) is 0 Å². The third kappa shape index (κ3) is 5.21. The fraction of sp³-hybridized carbons (Fsp3) is 0.690. The van der Waals surface area contributed by atoms with Gasteiger partial charge < -0.3 is 15.2 Å². The molecule has 0 bridgehead atoms. The van der Waals surface area contributed by atoms with Crippen molar-refractivity contribution in [2.24, 2.45) is 56.7 Å². The Kier molecular flexibility index (Phi) is 8.85. The van der Waals surface area contributed by atoms with Crippen LogP contribution in [0.1, 0.15) is 128 Å². The first-order chi connectivity index (χ1) is 22.5. The number of carbonyl (C=O) groups excluding carboxylic acids is 2. The molecule has 5 aliphatic rings. The Hall–Kier alpha value is -2.89. The first kappa shape index (κ1) is 35.0. The van der Waals surface area contributed by atoms with Gasteiger partial charge in [-0.15, -0.1) is 0 Å². The summed E-state index contributed by atoms with van der Waals surface area (Å²) in [7, 11) is 1.43. The Bertz CT molecular complexity index is 1510.